The molecule has 0 radical (unpaired) electrons. The third-order valence-electron chi connectivity index (χ3n) is 6.48. The van der Waals surface area contributed by atoms with Crippen LogP contribution in [0.4, 0.5) is 4.79 Å². The highest BCUT2D eigenvalue weighted by molar-refractivity contribution is 5.65. The van der Waals surface area contributed by atoms with Crippen LogP contribution >= 0.6 is 0 Å². The van der Waals surface area contributed by atoms with E-state index in [1.807, 2.05) is 0 Å². The summed E-state index contributed by atoms with van der Waals surface area (Å²) < 4.78 is 0. The average molecular weight is 409 g/mol. The lowest BCUT2D eigenvalue weighted by Crippen LogP contribution is -2.48. The van der Waals surface area contributed by atoms with E-state index in [0.29, 0.717) is 13.1 Å². The lowest BCUT2D eigenvalue weighted by molar-refractivity contribution is 0.110. The highest BCUT2D eigenvalue weighted by Crippen LogP contribution is 2.22. The minimum absolute atomic E-state index is 0.635. The highest BCUT2D eigenvalue weighted by atomic mass is 16.4. The predicted molar refractivity (Wildman–Crippen MR) is 125 cm³/mol. The second-order valence-corrected chi connectivity index (χ2v) is 9.98. The predicted octanol–water partition coefficient (Wildman–Crippen LogP) is 6.67. The molecule has 2 atom stereocenters. The summed E-state index contributed by atoms with van der Waals surface area (Å²) in [7, 11) is 0. The lowest BCUT2D eigenvalue weighted by Gasteiger charge is -2.32. The Hall–Kier alpha value is -1.03. The van der Waals surface area contributed by atoms with Crippen LogP contribution in [0.5, 0.6) is 0 Å². The average Bonchev–Trinajstić information content (AvgIpc) is 2.66. The van der Waals surface area contributed by atoms with Gasteiger partial charge in [0.15, 0.2) is 0 Å². The van der Waals surface area contributed by atoms with Gasteiger partial charge in [0.1, 0.15) is 0 Å². The summed E-state index contributed by atoms with van der Waals surface area (Å²) in [5.74, 6) is 2.58. The van der Waals surface area contributed by atoms with Gasteiger partial charge in [0.05, 0.1) is 0 Å². The minimum Gasteiger partial charge on any atom is -0.465 e. The van der Waals surface area contributed by atoms with E-state index in [4.69, 9.17) is 5.11 Å². The summed E-state index contributed by atoms with van der Waals surface area (Å²) in [6.07, 6.45) is 13.7. The molecule has 1 aliphatic heterocycles. The molecule has 29 heavy (non-hydrogen) atoms. The number of nitrogens with zero attached hydrogens (tertiary/aromatic N) is 2. The Balaban J connectivity index is 2.06. The maximum atomic E-state index is 11.0. The fourth-order valence-corrected chi connectivity index (χ4v) is 4.22. The summed E-state index contributed by atoms with van der Waals surface area (Å²) in [5.41, 5.74) is 1.48. The minimum atomic E-state index is -0.786. The van der Waals surface area contributed by atoms with Gasteiger partial charge in [0.25, 0.3) is 0 Å². The van der Waals surface area contributed by atoms with Crippen LogP contribution in [-0.4, -0.2) is 53.7 Å². The Bertz CT molecular complexity index is 467. The number of hydrogen-bond donors (Lipinski definition) is 1. The Kier molecular flexibility index (Phi) is 13.3. The largest absolute Gasteiger partial charge is 0.465 e. The van der Waals surface area contributed by atoms with Gasteiger partial charge in [-0.05, 0) is 37.5 Å². The highest BCUT2D eigenvalue weighted by Gasteiger charge is 2.19. The van der Waals surface area contributed by atoms with E-state index < -0.39 is 6.09 Å². The van der Waals surface area contributed by atoms with Crippen molar-refractivity contribution in [2.75, 3.05) is 32.7 Å². The van der Waals surface area contributed by atoms with E-state index in [9.17, 15) is 4.79 Å². The van der Waals surface area contributed by atoms with Crippen molar-refractivity contribution < 1.29 is 9.90 Å². The quantitative estimate of drug-likeness (QED) is 0.326. The van der Waals surface area contributed by atoms with Gasteiger partial charge in [0.2, 0.25) is 0 Å². The molecule has 4 heteroatoms. The molecule has 170 valence electrons. The molecule has 1 heterocycles. The van der Waals surface area contributed by atoms with Crippen LogP contribution in [0.3, 0.4) is 0 Å². The molecule has 1 aliphatic rings. The van der Waals surface area contributed by atoms with Crippen molar-refractivity contribution in [1.82, 2.24) is 9.80 Å². The molecule has 0 spiro atoms. The number of piperazine rings is 1. The first-order chi connectivity index (χ1) is 13.8. The van der Waals surface area contributed by atoms with Crippen molar-refractivity contribution in [2.45, 2.75) is 92.4 Å². The van der Waals surface area contributed by atoms with Crippen molar-refractivity contribution in [3.8, 4) is 0 Å². The van der Waals surface area contributed by atoms with Crippen molar-refractivity contribution in [1.29, 1.82) is 0 Å². The van der Waals surface area contributed by atoms with Gasteiger partial charge in [-0.2, -0.15) is 0 Å². The first-order valence-electron chi connectivity index (χ1n) is 12.1. The van der Waals surface area contributed by atoms with Gasteiger partial charge >= 0.3 is 6.09 Å². The monoisotopic (exact) mass is 408 g/mol. The van der Waals surface area contributed by atoms with Gasteiger partial charge in [0, 0.05) is 32.7 Å². The molecule has 1 N–H and O–H groups in total. The summed E-state index contributed by atoms with van der Waals surface area (Å²) in [6, 6.07) is 0. The molecule has 0 bridgehead atoms. The number of carboxylic acid groups (broad SMARTS) is 1. The van der Waals surface area contributed by atoms with Crippen molar-refractivity contribution in [3.63, 3.8) is 0 Å². The smallest absolute Gasteiger partial charge is 0.407 e. The van der Waals surface area contributed by atoms with E-state index in [1.165, 1.54) is 68.3 Å². The fraction of sp³-hybridized carbons (Fsp3) is 0.880. The van der Waals surface area contributed by atoms with Crippen LogP contribution in [0.25, 0.3) is 0 Å². The van der Waals surface area contributed by atoms with Gasteiger partial charge in [-0.15, -0.1) is 0 Å². The molecular weight excluding hydrogens is 360 g/mol. The van der Waals surface area contributed by atoms with Gasteiger partial charge in [-0.1, -0.05) is 84.3 Å². The van der Waals surface area contributed by atoms with Crippen molar-refractivity contribution in [2.24, 2.45) is 17.8 Å². The standard InChI is InChI=1S/C25H48N2O2/c1-21(2)9-6-10-22(3)11-7-12-23(4)13-8-14-24(5)15-16-26-17-19-27(20-18-26)25(28)29/h15,21-23H,6-14,16-20H2,1-5H3,(H,28,29). The molecule has 0 aromatic rings. The zero-order chi connectivity index (χ0) is 21.6. The van der Waals surface area contributed by atoms with E-state index in [0.717, 1.165) is 37.4 Å². The lowest BCUT2D eigenvalue weighted by atomic mass is 9.91. The third-order valence-corrected chi connectivity index (χ3v) is 6.48. The molecule has 0 aliphatic carbocycles. The van der Waals surface area contributed by atoms with Crippen LogP contribution in [0.1, 0.15) is 92.4 Å². The van der Waals surface area contributed by atoms with Crippen LogP contribution < -0.4 is 0 Å². The zero-order valence-corrected chi connectivity index (χ0v) is 20.0. The molecule has 4 nitrogen and oxygen atoms in total. The van der Waals surface area contributed by atoms with Gasteiger partial charge in [-0.3, -0.25) is 4.90 Å². The van der Waals surface area contributed by atoms with E-state index >= 15 is 0 Å². The molecular formula is C25H48N2O2. The molecule has 1 amide bonds. The number of carbonyl (C=O) groups is 1. The first kappa shape index (κ1) is 26.0. The molecule has 1 rings (SSSR count). The molecule has 2 unspecified atom stereocenters. The van der Waals surface area contributed by atoms with Crippen LogP contribution in [-0.2, 0) is 0 Å². The van der Waals surface area contributed by atoms with Crippen LogP contribution in [0.15, 0.2) is 11.6 Å². The fourth-order valence-electron chi connectivity index (χ4n) is 4.22. The first-order valence-corrected chi connectivity index (χ1v) is 12.1. The van der Waals surface area contributed by atoms with E-state index in [1.54, 1.807) is 0 Å². The maximum absolute atomic E-state index is 11.0. The number of allylic oxidation sites excluding steroid dienone is 1. The number of rotatable bonds is 14. The summed E-state index contributed by atoms with van der Waals surface area (Å²) in [5, 5.41) is 9.01. The molecule has 0 aromatic carbocycles. The summed E-state index contributed by atoms with van der Waals surface area (Å²) >= 11 is 0. The Morgan fingerprint density at radius 3 is 1.90 bits per heavy atom. The van der Waals surface area contributed by atoms with Gasteiger partial charge in [-0.25, -0.2) is 4.79 Å². The zero-order valence-electron chi connectivity index (χ0n) is 20.0. The van der Waals surface area contributed by atoms with Crippen molar-refractivity contribution in [3.05, 3.63) is 11.6 Å². The second kappa shape index (κ2) is 14.9. The molecule has 0 saturated carbocycles. The second-order valence-electron chi connectivity index (χ2n) is 9.98. The van der Waals surface area contributed by atoms with Crippen molar-refractivity contribution >= 4 is 6.09 Å². The van der Waals surface area contributed by atoms with E-state index in [2.05, 4.69) is 45.6 Å². The van der Waals surface area contributed by atoms with Gasteiger partial charge < -0.3 is 10.0 Å². The van der Waals surface area contributed by atoms with E-state index in [-0.39, 0.29) is 0 Å². The number of hydrogen-bond acceptors (Lipinski definition) is 2. The summed E-state index contributed by atoms with van der Waals surface area (Å²) in [4.78, 5) is 14.8. The normalized spacial score (nSPS) is 18.3. The maximum Gasteiger partial charge on any atom is 0.407 e. The summed E-state index contributed by atoms with van der Waals surface area (Å²) in [6.45, 7) is 15.7. The van der Waals surface area contributed by atoms with Crippen LogP contribution in [0, 0.1) is 17.8 Å². The Morgan fingerprint density at radius 1 is 0.862 bits per heavy atom. The number of amides is 1. The molecule has 0 aromatic heterocycles. The molecule has 1 saturated heterocycles. The Labute approximate surface area is 180 Å². The molecule has 1 fully saturated rings. The third kappa shape index (κ3) is 13.0. The SMILES string of the molecule is CC(=CCN1CCN(C(=O)O)CC1)CCCC(C)CCCC(C)CCCC(C)C. The topological polar surface area (TPSA) is 43.8 Å². The van der Waals surface area contributed by atoms with Crippen LogP contribution in [0.2, 0.25) is 0 Å². The Morgan fingerprint density at radius 2 is 1.38 bits per heavy atom.